The average Bonchev–Trinajstić information content (AvgIpc) is 2.60. The van der Waals surface area contributed by atoms with Gasteiger partial charge < -0.3 is 0 Å². The van der Waals surface area contributed by atoms with Crippen molar-refractivity contribution in [3.05, 3.63) is 42.5 Å². The molecule has 0 saturated heterocycles. The summed E-state index contributed by atoms with van der Waals surface area (Å²) in [6.45, 7) is 9.72. The van der Waals surface area contributed by atoms with Gasteiger partial charge in [0, 0.05) is 0 Å². The molecule has 0 nitrogen and oxygen atoms in total. The Hall–Kier alpha value is -0.823. The number of hydrogen-bond acceptors (Lipinski definition) is 0. The van der Waals surface area contributed by atoms with Gasteiger partial charge in [-0.15, -0.1) is 0 Å². The Balaban J connectivity index is 2.67. The van der Waals surface area contributed by atoms with Crippen LogP contribution in [0.3, 0.4) is 0 Å². The molecule has 0 spiro atoms. The summed E-state index contributed by atoms with van der Waals surface area (Å²) in [4.78, 5) is 0. The van der Waals surface area contributed by atoms with E-state index < -0.39 is 8.07 Å². The van der Waals surface area contributed by atoms with Crippen LogP contribution < -0.4 is 5.19 Å². The molecule has 0 radical (unpaired) electrons. The number of rotatable bonds is 13. The summed E-state index contributed by atoms with van der Waals surface area (Å²) >= 11 is 0. The minimum Gasteiger partial charge on any atom is -0.0885 e. The highest BCUT2D eigenvalue weighted by molar-refractivity contribution is 6.91. The Morgan fingerprint density at radius 2 is 1.46 bits per heavy atom. The predicted octanol–water partition coefficient (Wildman–Crippen LogP) is 7.47. The summed E-state index contributed by atoms with van der Waals surface area (Å²) in [5.74, 6) is 0. The van der Waals surface area contributed by atoms with Gasteiger partial charge in [-0.2, -0.15) is 0 Å². The van der Waals surface area contributed by atoms with Gasteiger partial charge in [0.2, 0.25) is 0 Å². The first kappa shape index (κ1) is 21.2. The van der Waals surface area contributed by atoms with Gasteiger partial charge in [0.1, 0.15) is 0 Å². The molecule has 1 heteroatoms. The van der Waals surface area contributed by atoms with Crippen molar-refractivity contribution in [1.82, 2.24) is 0 Å². The molecule has 1 aromatic rings. The molecule has 136 valence electrons. The lowest BCUT2D eigenvalue weighted by Crippen LogP contribution is -2.45. The average molecular weight is 345 g/mol. The molecule has 0 fully saturated rings. The van der Waals surface area contributed by atoms with Crippen LogP contribution in [-0.2, 0) is 0 Å². The Kier molecular flexibility index (Phi) is 11.1. The van der Waals surface area contributed by atoms with Crippen LogP contribution in [0.1, 0.15) is 78.1 Å². The number of unbranched alkanes of at least 4 members (excludes halogenated alkanes) is 7. The highest BCUT2D eigenvalue weighted by Crippen LogP contribution is 2.30. The van der Waals surface area contributed by atoms with Crippen LogP contribution in [-0.4, -0.2) is 8.07 Å². The van der Waals surface area contributed by atoms with Crippen molar-refractivity contribution in [3.63, 3.8) is 0 Å². The molecule has 24 heavy (non-hydrogen) atoms. The molecule has 0 bridgehead atoms. The molecular weight excluding hydrogens is 304 g/mol. The fourth-order valence-electron chi connectivity index (χ4n) is 3.52. The van der Waals surface area contributed by atoms with Crippen LogP contribution in [0.25, 0.3) is 0 Å². The van der Waals surface area contributed by atoms with E-state index in [9.17, 15) is 0 Å². The smallest absolute Gasteiger partial charge is 0.0873 e. The molecule has 0 heterocycles. The van der Waals surface area contributed by atoms with Gasteiger partial charge in [-0.05, 0) is 24.8 Å². The SMILES string of the molecule is CCCCCC/C=C/C(CCCCCC)[Si](C)(C)c1ccccc1. The van der Waals surface area contributed by atoms with Crippen molar-refractivity contribution < 1.29 is 0 Å². The third-order valence-electron chi connectivity index (χ3n) is 5.41. The maximum atomic E-state index is 2.59. The van der Waals surface area contributed by atoms with Gasteiger partial charge in [0.15, 0.2) is 0 Å². The zero-order chi connectivity index (χ0) is 17.7. The molecule has 0 saturated carbocycles. The van der Waals surface area contributed by atoms with Crippen LogP contribution in [0.15, 0.2) is 42.5 Å². The Bertz CT molecular complexity index is 433. The summed E-state index contributed by atoms with van der Waals surface area (Å²) in [6.07, 6.45) is 18.7. The molecule has 1 aromatic carbocycles. The van der Waals surface area contributed by atoms with Crippen LogP contribution in [0.4, 0.5) is 0 Å². The lowest BCUT2D eigenvalue weighted by Gasteiger charge is -2.31. The van der Waals surface area contributed by atoms with Gasteiger partial charge >= 0.3 is 0 Å². The van der Waals surface area contributed by atoms with Crippen LogP contribution in [0.5, 0.6) is 0 Å². The minimum absolute atomic E-state index is 0.780. The van der Waals surface area contributed by atoms with E-state index in [1.165, 1.54) is 64.2 Å². The van der Waals surface area contributed by atoms with E-state index >= 15 is 0 Å². The zero-order valence-electron chi connectivity index (χ0n) is 16.7. The van der Waals surface area contributed by atoms with E-state index in [-0.39, 0.29) is 0 Å². The predicted molar refractivity (Wildman–Crippen MR) is 114 cm³/mol. The van der Waals surface area contributed by atoms with Crippen molar-refractivity contribution in [2.45, 2.75) is 96.7 Å². The molecule has 0 aliphatic carbocycles. The van der Waals surface area contributed by atoms with E-state index in [4.69, 9.17) is 0 Å². The van der Waals surface area contributed by atoms with Gasteiger partial charge in [0.05, 0.1) is 8.07 Å². The van der Waals surface area contributed by atoms with Gasteiger partial charge in [-0.3, -0.25) is 0 Å². The normalized spacial score (nSPS) is 13.5. The van der Waals surface area contributed by atoms with E-state index in [0.717, 1.165) is 5.54 Å². The van der Waals surface area contributed by atoms with Crippen molar-refractivity contribution in [1.29, 1.82) is 0 Å². The fraction of sp³-hybridized carbons (Fsp3) is 0.652. The molecule has 1 unspecified atom stereocenters. The molecule has 0 N–H and O–H groups in total. The van der Waals surface area contributed by atoms with E-state index in [0.29, 0.717) is 0 Å². The topological polar surface area (TPSA) is 0 Å². The van der Waals surface area contributed by atoms with E-state index in [1.807, 2.05) is 0 Å². The summed E-state index contributed by atoms with van der Waals surface area (Å²) in [5, 5.41) is 1.61. The van der Waals surface area contributed by atoms with Crippen LogP contribution >= 0.6 is 0 Å². The van der Waals surface area contributed by atoms with Crippen molar-refractivity contribution in [2.24, 2.45) is 0 Å². The molecule has 0 aliphatic heterocycles. The monoisotopic (exact) mass is 344 g/mol. The lowest BCUT2D eigenvalue weighted by atomic mass is 10.1. The third kappa shape index (κ3) is 7.83. The maximum absolute atomic E-state index is 2.59. The van der Waals surface area contributed by atoms with Crippen molar-refractivity contribution >= 4 is 13.3 Å². The highest BCUT2D eigenvalue weighted by atomic mass is 28.3. The largest absolute Gasteiger partial charge is 0.0885 e. The molecular formula is C23H40Si. The van der Waals surface area contributed by atoms with Gasteiger partial charge in [-0.1, -0.05) is 120 Å². The zero-order valence-corrected chi connectivity index (χ0v) is 17.7. The summed E-state index contributed by atoms with van der Waals surface area (Å²) in [7, 11) is -1.43. The summed E-state index contributed by atoms with van der Waals surface area (Å²) in [5.41, 5.74) is 0.780. The first-order valence-corrected chi connectivity index (χ1v) is 13.4. The quantitative estimate of drug-likeness (QED) is 0.198. The maximum Gasteiger partial charge on any atom is 0.0873 e. The molecule has 0 aromatic heterocycles. The lowest BCUT2D eigenvalue weighted by molar-refractivity contribution is 0.630. The molecule has 0 amide bonds. The molecule has 1 atom stereocenters. The van der Waals surface area contributed by atoms with E-state index in [2.05, 4.69) is 69.4 Å². The van der Waals surface area contributed by atoms with Crippen molar-refractivity contribution in [2.75, 3.05) is 0 Å². The Morgan fingerprint density at radius 1 is 0.833 bits per heavy atom. The molecule has 1 rings (SSSR count). The summed E-state index contributed by atoms with van der Waals surface area (Å²) in [6, 6.07) is 11.3. The second kappa shape index (κ2) is 12.5. The van der Waals surface area contributed by atoms with Crippen molar-refractivity contribution in [3.8, 4) is 0 Å². The fourth-order valence-corrected chi connectivity index (χ4v) is 6.54. The van der Waals surface area contributed by atoms with E-state index in [1.54, 1.807) is 5.19 Å². The standard InChI is InChI=1S/C23H40Si/c1-5-7-9-11-12-15-19-22(18-14-10-8-6-2)24(3,4)23-20-16-13-17-21-23/h13,15-17,19-22H,5-12,14,18H2,1-4H3/b19-15+. The second-order valence-corrected chi connectivity index (χ2v) is 12.6. The molecule has 0 aliphatic rings. The van der Waals surface area contributed by atoms with Gasteiger partial charge in [0.25, 0.3) is 0 Å². The minimum atomic E-state index is -1.43. The first-order valence-electron chi connectivity index (χ1n) is 10.3. The number of hydrogen-bond donors (Lipinski definition) is 0. The number of allylic oxidation sites excluding steroid dienone is 2. The summed E-state index contributed by atoms with van der Waals surface area (Å²) < 4.78 is 0. The third-order valence-corrected chi connectivity index (χ3v) is 9.56. The highest BCUT2D eigenvalue weighted by Gasteiger charge is 2.31. The Labute approximate surface area is 152 Å². The van der Waals surface area contributed by atoms with Crippen LogP contribution in [0, 0.1) is 0 Å². The first-order chi connectivity index (χ1) is 11.6. The Morgan fingerprint density at radius 3 is 2.08 bits per heavy atom. The van der Waals surface area contributed by atoms with Gasteiger partial charge in [-0.25, -0.2) is 0 Å². The second-order valence-electron chi connectivity index (χ2n) is 7.82. The van der Waals surface area contributed by atoms with Crippen LogP contribution in [0.2, 0.25) is 18.6 Å². The number of benzene rings is 1.